The van der Waals surface area contributed by atoms with Gasteiger partial charge in [-0.25, -0.2) is 14.8 Å². The average Bonchev–Trinajstić information content (AvgIpc) is 3.66. The van der Waals surface area contributed by atoms with Crippen molar-refractivity contribution in [3.8, 4) is 22.8 Å². The minimum Gasteiger partial charge on any atom is -0.507 e. The molecule has 4 unspecified atom stereocenters. The number of anilines is 2. The topological polar surface area (TPSA) is 176 Å². The Labute approximate surface area is 253 Å². The highest BCUT2D eigenvalue weighted by molar-refractivity contribution is 5.88. The maximum absolute atomic E-state index is 13.8. The van der Waals surface area contributed by atoms with Crippen molar-refractivity contribution in [1.82, 2.24) is 9.97 Å². The fraction of sp³-hybridized carbons (Fsp3) is 0.394. The number of phenols is 1. The van der Waals surface area contributed by atoms with Crippen LogP contribution in [0.15, 0.2) is 51.8 Å². The minimum atomic E-state index is -1.04. The largest absolute Gasteiger partial charge is 0.507 e. The number of epoxide rings is 1. The van der Waals surface area contributed by atoms with Crippen molar-refractivity contribution in [3.05, 3.63) is 69.7 Å². The van der Waals surface area contributed by atoms with Crippen LogP contribution in [0.5, 0.6) is 11.5 Å². The molecule has 0 radical (unpaired) electrons. The Morgan fingerprint density at radius 3 is 2.70 bits per heavy atom. The Morgan fingerprint density at radius 2 is 1.91 bits per heavy atom. The van der Waals surface area contributed by atoms with Crippen molar-refractivity contribution in [3.63, 3.8) is 0 Å². The van der Waals surface area contributed by atoms with Gasteiger partial charge in [0.25, 0.3) is 0 Å². The number of rotatable bonds is 4. The summed E-state index contributed by atoms with van der Waals surface area (Å²) in [5.74, 6) is 0.644. The number of hydrogen-bond acceptors (Lipinski definition) is 11. The zero-order valence-corrected chi connectivity index (χ0v) is 24.8. The molecule has 228 valence electrons. The van der Waals surface area contributed by atoms with Crippen LogP contribution in [-0.4, -0.2) is 44.5 Å². The van der Waals surface area contributed by atoms with Gasteiger partial charge in [0.2, 0.25) is 0 Å². The van der Waals surface area contributed by atoms with Crippen LogP contribution in [0.4, 0.5) is 11.6 Å². The smallest absolute Gasteiger partial charge is 0.341 e. The normalized spacial score (nSPS) is 25.3. The van der Waals surface area contributed by atoms with Crippen molar-refractivity contribution in [2.45, 2.75) is 82.2 Å². The zero-order chi connectivity index (χ0) is 31.0. The first-order valence-corrected chi connectivity index (χ1v) is 14.8. The molecular formula is C33H34N4O7. The second kappa shape index (κ2) is 9.95. The number of nitrogen functional groups attached to an aromatic ring is 2. The highest BCUT2D eigenvalue weighted by Gasteiger charge is 2.65. The molecule has 0 bridgehead atoms. The van der Waals surface area contributed by atoms with Gasteiger partial charge >= 0.3 is 5.97 Å². The quantitative estimate of drug-likeness (QED) is 0.222. The number of nitrogens with zero attached hydrogens (tertiary/aromatic N) is 2. The summed E-state index contributed by atoms with van der Waals surface area (Å²) in [6.07, 6.45) is 3.55. The van der Waals surface area contributed by atoms with E-state index in [4.69, 9.17) is 30.1 Å². The Kier molecular flexibility index (Phi) is 6.36. The molecule has 2 saturated heterocycles. The van der Waals surface area contributed by atoms with Crippen LogP contribution in [0.2, 0.25) is 0 Å². The van der Waals surface area contributed by atoms with E-state index in [1.54, 1.807) is 25.3 Å². The Balaban J connectivity index is 1.12. The minimum absolute atomic E-state index is 0.0964. The Morgan fingerprint density at radius 1 is 1.09 bits per heavy atom. The zero-order valence-electron chi connectivity index (χ0n) is 24.8. The lowest BCUT2D eigenvalue weighted by Crippen LogP contribution is -2.53. The number of pyridine rings is 2. The lowest BCUT2D eigenvalue weighted by Gasteiger charge is -2.45. The summed E-state index contributed by atoms with van der Waals surface area (Å²) in [5.41, 5.74) is 12.9. The molecule has 5 N–H and O–H groups in total. The van der Waals surface area contributed by atoms with Gasteiger partial charge in [-0.05, 0) is 82.7 Å². The molecule has 44 heavy (non-hydrogen) atoms. The first-order chi connectivity index (χ1) is 20.9. The Bertz CT molecular complexity index is 1890. The van der Waals surface area contributed by atoms with E-state index in [9.17, 15) is 14.7 Å². The molecule has 1 spiro atoms. The number of nitrogens with two attached hydrogens (primary N) is 2. The maximum atomic E-state index is 13.8. The second-order valence-electron chi connectivity index (χ2n) is 12.6. The van der Waals surface area contributed by atoms with Crippen molar-refractivity contribution in [1.29, 1.82) is 0 Å². The number of ether oxygens (including phenoxy) is 3. The van der Waals surface area contributed by atoms with Gasteiger partial charge in [-0.2, -0.15) is 0 Å². The highest BCUT2D eigenvalue weighted by atomic mass is 16.7. The molecular weight excluding hydrogens is 564 g/mol. The number of carbonyl (C=O) groups is 1. The summed E-state index contributed by atoms with van der Waals surface area (Å²) < 4.78 is 24.4. The van der Waals surface area contributed by atoms with Crippen LogP contribution < -0.4 is 21.6 Å². The molecule has 1 aromatic carbocycles. The lowest BCUT2D eigenvalue weighted by molar-refractivity contribution is -0.173. The Hall–Kier alpha value is -4.64. The molecule has 11 nitrogen and oxygen atoms in total. The number of aromatic hydroxyl groups is 1. The molecule has 11 heteroatoms. The van der Waals surface area contributed by atoms with E-state index in [1.165, 1.54) is 6.07 Å². The van der Waals surface area contributed by atoms with Gasteiger partial charge in [0.05, 0.1) is 11.8 Å². The lowest BCUT2D eigenvalue weighted by atomic mass is 9.76. The fourth-order valence-corrected chi connectivity index (χ4v) is 6.98. The first-order valence-electron chi connectivity index (χ1n) is 14.8. The third kappa shape index (κ3) is 4.62. The molecule has 0 amide bonds. The van der Waals surface area contributed by atoms with E-state index < -0.39 is 23.3 Å². The molecule has 7 rings (SSSR count). The molecule has 4 aromatic rings. The van der Waals surface area contributed by atoms with Crippen LogP contribution >= 0.6 is 0 Å². The number of aryl methyl sites for hydroxylation is 2. The van der Waals surface area contributed by atoms with E-state index in [-0.39, 0.29) is 34.2 Å². The molecule has 6 heterocycles. The molecule has 3 aromatic heterocycles. The molecule has 3 aliphatic heterocycles. The van der Waals surface area contributed by atoms with Crippen LogP contribution in [0.1, 0.15) is 62.3 Å². The molecule has 3 aliphatic rings. The molecule has 2 fully saturated rings. The first kappa shape index (κ1) is 28.1. The predicted octanol–water partition coefficient (Wildman–Crippen LogP) is 4.55. The van der Waals surface area contributed by atoms with E-state index in [0.29, 0.717) is 66.5 Å². The third-order valence-electron chi connectivity index (χ3n) is 9.05. The summed E-state index contributed by atoms with van der Waals surface area (Å²) in [5, 5.41) is 11.4. The number of esters is 1. The van der Waals surface area contributed by atoms with Crippen molar-refractivity contribution in [2.24, 2.45) is 0 Å². The summed E-state index contributed by atoms with van der Waals surface area (Å²) in [7, 11) is 0. The van der Waals surface area contributed by atoms with Gasteiger partial charge < -0.3 is 35.2 Å². The number of hydrogen-bond donors (Lipinski definition) is 3. The number of carbonyl (C=O) groups excluding carboxylic acids is 1. The average molecular weight is 599 g/mol. The number of aromatic nitrogens is 2. The molecule has 0 aliphatic carbocycles. The number of phenolic OH excluding ortho intramolecular Hbond substituents is 1. The van der Waals surface area contributed by atoms with Gasteiger partial charge in [0.15, 0.2) is 11.0 Å². The van der Waals surface area contributed by atoms with Gasteiger partial charge in [-0.15, -0.1) is 0 Å². The summed E-state index contributed by atoms with van der Waals surface area (Å²) >= 11 is 0. The van der Waals surface area contributed by atoms with Gasteiger partial charge in [-0.3, -0.25) is 4.79 Å². The highest BCUT2D eigenvalue weighted by Crippen LogP contribution is 2.54. The van der Waals surface area contributed by atoms with E-state index in [1.807, 2.05) is 32.0 Å². The molecule has 0 saturated carbocycles. The monoisotopic (exact) mass is 598 g/mol. The summed E-state index contributed by atoms with van der Waals surface area (Å²) in [6, 6.07) is 10.4. The second-order valence-corrected chi connectivity index (χ2v) is 12.6. The van der Waals surface area contributed by atoms with Crippen molar-refractivity contribution < 1.29 is 28.5 Å². The predicted molar refractivity (Wildman–Crippen MR) is 162 cm³/mol. The van der Waals surface area contributed by atoms with E-state index in [2.05, 4.69) is 9.97 Å². The third-order valence-corrected chi connectivity index (χ3v) is 9.05. The van der Waals surface area contributed by atoms with Gasteiger partial charge in [0.1, 0.15) is 51.6 Å². The van der Waals surface area contributed by atoms with Crippen molar-refractivity contribution >= 4 is 28.6 Å². The van der Waals surface area contributed by atoms with Gasteiger partial charge in [0, 0.05) is 35.4 Å². The van der Waals surface area contributed by atoms with Crippen LogP contribution in [0.25, 0.3) is 22.2 Å². The van der Waals surface area contributed by atoms with E-state index in [0.717, 1.165) is 11.1 Å². The maximum Gasteiger partial charge on any atom is 0.341 e. The summed E-state index contributed by atoms with van der Waals surface area (Å²) in [6.45, 7) is 5.39. The summed E-state index contributed by atoms with van der Waals surface area (Å²) in [4.78, 5) is 35.0. The number of fused-ring (bicyclic) bond motifs is 4. The van der Waals surface area contributed by atoms with Crippen LogP contribution in [0.3, 0.4) is 0 Å². The standard InChI is InChI=1S/C33H34N4O7/c1-16-11-21(38)28-22(41-16)15-23-27(29(28)39)19-5-4-9-33(31(40)42-30(19)32(2,3)43-23)24(44-33)7-6-17-12-20(37-26(35)13-17)18-8-10-36-25(34)14-18/h8,10-15,19,24,30,39H,4-7,9H2,1-3H3,(H2,34,36)(H2,35,37). The van der Waals surface area contributed by atoms with Gasteiger partial charge in [-0.1, -0.05) is 0 Å². The SMILES string of the molecule is Cc1cc(=O)c2c(O)c3c(cc2o1)OC(C)(C)C1OC(=O)C2(CCCC31)OC2CCc1cc(N)nc(-c2ccnc(N)c2)c1. The molecule has 4 atom stereocenters. The van der Waals surface area contributed by atoms with Crippen LogP contribution in [-0.2, 0) is 20.7 Å². The van der Waals surface area contributed by atoms with Crippen LogP contribution in [0, 0.1) is 6.92 Å². The fourth-order valence-electron chi connectivity index (χ4n) is 6.98. The van der Waals surface area contributed by atoms with E-state index >= 15 is 0 Å². The van der Waals surface area contributed by atoms with Crippen molar-refractivity contribution in [2.75, 3.05) is 11.5 Å². The number of benzene rings is 1.